The van der Waals surface area contributed by atoms with Gasteiger partial charge in [-0.25, -0.2) is 4.98 Å². The molecule has 0 aliphatic carbocycles. The van der Waals surface area contributed by atoms with Crippen LogP contribution in [0, 0.1) is 13.8 Å². The van der Waals surface area contributed by atoms with Gasteiger partial charge in [-0.2, -0.15) is 0 Å². The van der Waals surface area contributed by atoms with Crippen LogP contribution in [0.3, 0.4) is 0 Å². The van der Waals surface area contributed by atoms with Crippen molar-refractivity contribution in [3.8, 4) is 0 Å². The van der Waals surface area contributed by atoms with Gasteiger partial charge >= 0.3 is 0 Å². The molecule has 28 heavy (non-hydrogen) atoms. The molecule has 1 atom stereocenters. The average Bonchev–Trinajstić information content (AvgIpc) is 2.94. The van der Waals surface area contributed by atoms with Gasteiger partial charge < -0.3 is 10.3 Å². The minimum absolute atomic E-state index is 0.0582. The number of benzene rings is 1. The predicted octanol–water partition coefficient (Wildman–Crippen LogP) is 4.99. The van der Waals surface area contributed by atoms with E-state index in [2.05, 4.69) is 35.2 Å². The highest BCUT2D eigenvalue weighted by Crippen LogP contribution is 2.27. The van der Waals surface area contributed by atoms with Crippen LogP contribution in [0.5, 0.6) is 0 Å². The standard InChI is InChI=1S/C21H25N3O2S2/c1-11(2)15-7-6-8-16(9-15)22-19(25)14(5)27-10-17-23-20(26)18-12(3)13(4)28-21(18)24-17/h6-9,11,14H,10H2,1-5H3,(H,22,25)(H,23,24,26). The van der Waals surface area contributed by atoms with E-state index in [1.807, 2.05) is 39.0 Å². The lowest BCUT2D eigenvalue weighted by molar-refractivity contribution is -0.115. The molecule has 3 aromatic rings. The van der Waals surface area contributed by atoms with E-state index in [9.17, 15) is 9.59 Å². The summed E-state index contributed by atoms with van der Waals surface area (Å²) in [4.78, 5) is 34.2. The maximum absolute atomic E-state index is 12.5. The van der Waals surface area contributed by atoms with Crippen LogP contribution in [-0.2, 0) is 10.5 Å². The second kappa shape index (κ2) is 8.49. The number of aromatic nitrogens is 2. The molecule has 0 fully saturated rings. The van der Waals surface area contributed by atoms with Crippen molar-refractivity contribution in [1.29, 1.82) is 0 Å². The summed E-state index contributed by atoms with van der Waals surface area (Å²) in [6.07, 6.45) is 0. The number of aryl methyl sites for hydroxylation is 2. The zero-order chi connectivity index (χ0) is 20.4. The lowest BCUT2D eigenvalue weighted by atomic mass is 10.0. The van der Waals surface area contributed by atoms with Gasteiger partial charge in [-0.15, -0.1) is 23.1 Å². The third kappa shape index (κ3) is 4.47. The number of fused-ring (bicyclic) bond motifs is 1. The molecule has 5 nitrogen and oxygen atoms in total. The highest BCUT2D eigenvalue weighted by atomic mass is 32.2. The number of thiophene rings is 1. The Labute approximate surface area is 173 Å². The van der Waals surface area contributed by atoms with Gasteiger partial charge in [0.15, 0.2) is 0 Å². The van der Waals surface area contributed by atoms with E-state index in [-0.39, 0.29) is 16.7 Å². The number of thioether (sulfide) groups is 1. The second-order valence-electron chi connectivity index (χ2n) is 7.20. The quantitative estimate of drug-likeness (QED) is 0.595. The average molecular weight is 416 g/mol. The van der Waals surface area contributed by atoms with Gasteiger partial charge in [-0.3, -0.25) is 9.59 Å². The van der Waals surface area contributed by atoms with Crippen LogP contribution < -0.4 is 10.9 Å². The molecule has 0 radical (unpaired) electrons. The molecule has 7 heteroatoms. The minimum Gasteiger partial charge on any atom is -0.325 e. The van der Waals surface area contributed by atoms with E-state index < -0.39 is 0 Å². The Balaban J connectivity index is 1.66. The Morgan fingerprint density at radius 3 is 2.75 bits per heavy atom. The molecule has 0 spiro atoms. The van der Waals surface area contributed by atoms with Gasteiger partial charge in [-0.1, -0.05) is 26.0 Å². The van der Waals surface area contributed by atoms with Crippen LogP contribution in [0.1, 0.15) is 48.5 Å². The first kappa shape index (κ1) is 20.6. The number of carbonyl (C=O) groups is 1. The summed E-state index contributed by atoms with van der Waals surface area (Å²) in [5, 5.41) is 3.38. The van der Waals surface area contributed by atoms with Gasteiger partial charge in [0.05, 0.1) is 16.4 Å². The number of nitrogens with one attached hydrogen (secondary N) is 2. The van der Waals surface area contributed by atoms with Crippen LogP contribution in [0.25, 0.3) is 10.2 Å². The van der Waals surface area contributed by atoms with Crippen molar-refractivity contribution in [2.75, 3.05) is 5.32 Å². The van der Waals surface area contributed by atoms with Crippen LogP contribution in [-0.4, -0.2) is 21.1 Å². The summed E-state index contributed by atoms with van der Waals surface area (Å²) in [5.41, 5.74) is 2.88. The molecule has 0 saturated carbocycles. The summed E-state index contributed by atoms with van der Waals surface area (Å²) >= 11 is 2.99. The Morgan fingerprint density at radius 1 is 1.29 bits per heavy atom. The zero-order valence-electron chi connectivity index (χ0n) is 16.8. The van der Waals surface area contributed by atoms with E-state index in [0.29, 0.717) is 22.9 Å². The molecule has 3 rings (SSSR count). The second-order valence-corrected chi connectivity index (χ2v) is 9.73. The van der Waals surface area contributed by atoms with Gasteiger partial charge in [0.2, 0.25) is 5.91 Å². The molecule has 2 N–H and O–H groups in total. The molecule has 1 aromatic carbocycles. The highest BCUT2D eigenvalue weighted by molar-refractivity contribution is 7.99. The Hall–Kier alpha value is -2.12. The molecular formula is C21H25N3O2S2. The van der Waals surface area contributed by atoms with E-state index >= 15 is 0 Å². The number of H-pyrrole nitrogens is 1. The summed E-state index contributed by atoms with van der Waals surface area (Å²) in [5.74, 6) is 1.43. The number of nitrogens with zero attached hydrogens (tertiary/aromatic N) is 1. The highest BCUT2D eigenvalue weighted by Gasteiger charge is 2.16. The van der Waals surface area contributed by atoms with Crippen molar-refractivity contribution in [2.24, 2.45) is 0 Å². The molecule has 1 unspecified atom stereocenters. The number of carbonyl (C=O) groups excluding carboxylic acids is 1. The number of aromatic amines is 1. The van der Waals surface area contributed by atoms with Crippen molar-refractivity contribution in [1.82, 2.24) is 9.97 Å². The molecule has 1 amide bonds. The van der Waals surface area contributed by atoms with Crippen LogP contribution in [0.4, 0.5) is 5.69 Å². The van der Waals surface area contributed by atoms with Crippen LogP contribution in [0.2, 0.25) is 0 Å². The zero-order valence-corrected chi connectivity index (χ0v) is 18.4. The van der Waals surface area contributed by atoms with Gasteiger partial charge in [0.25, 0.3) is 5.56 Å². The maximum Gasteiger partial charge on any atom is 0.259 e. The van der Waals surface area contributed by atoms with Gasteiger partial charge in [0.1, 0.15) is 10.7 Å². The largest absolute Gasteiger partial charge is 0.325 e. The Bertz CT molecular complexity index is 1070. The first-order chi connectivity index (χ1) is 13.3. The number of rotatable bonds is 6. The van der Waals surface area contributed by atoms with Crippen molar-refractivity contribution >= 4 is 44.9 Å². The number of anilines is 1. The normalized spacial score (nSPS) is 12.5. The number of amides is 1. The Morgan fingerprint density at radius 2 is 2.04 bits per heavy atom. The summed E-state index contributed by atoms with van der Waals surface area (Å²) in [6.45, 7) is 10.1. The Kier molecular flexibility index (Phi) is 6.25. The third-order valence-electron chi connectivity index (χ3n) is 4.75. The minimum atomic E-state index is -0.268. The summed E-state index contributed by atoms with van der Waals surface area (Å²) < 4.78 is 0. The predicted molar refractivity (Wildman–Crippen MR) is 120 cm³/mol. The molecule has 2 heterocycles. The van der Waals surface area contributed by atoms with E-state index in [1.165, 1.54) is 28.7 Å². The lowest BCUT2D eigenvalue weighted by Gasteiger charge is -2.13. The van der Waals surface area contributed by atoms with Crippen molar-refractivity contribution < 1.29 is 4.79 Å². The van der Waals surface area contributed by atoms with Crippen molar-refractivity contribution in [2.45, 2.75) is 51.5 Å². The first-order valence-corrected chi connectivity index (χ1v) is 11.1. The molecule has 0 aliphatic heterocycles. The lowest BCUT2D eigenvalue weighted by Crippen LogP contribution is -2.23. The fraction of sp³-hybridized carbons (Fsp3) is 0.381. The van der Waals surface area contributed by atoms with Crippen molar-refractivity contribution in [3.63, 3.8) is 0 Å². The van der Waals surface area contributed by atoms with E-state index in [1.54, 1.807) is 0 Å². The topological polar surface area (TPSA) is 74.8 Å². The van der Waals surface area contributed by atoms with Gasteiger partial charge in [0, 0.05) is 10.6 Å². The van der Waals surface area contributed by atoms with E-state index in [4.69, 9.17) is 0 Å². The van der Waals surface area contributed by atoms with Crippen LogP contribution >= 0.6 is 23.1 Å². The number of hydrogen-bond acceptors (Lipinski definition) is 5. The smallest absolute Gasteiger partial charge is 0.259 e. The maximum atomic E-state index is 12.5. The molecule has 0 saturated heterocycles. The summed E-state index contributed by atoms with van der Waals surface area (Å²) in [6, 6.07) is 7.92. The SMILES string of the molecule is Cc1sc2nc(CSC(C)C(=O)Nc3cccc(C(C)C)c3)[nH]c(=O)c2c1C. The molecule has 0 aliphatic rings. The van der Waals surface area contributed by atoms with Crippen LogP contribution in [0.15, 0.2) is 29.1 Å². The molecule has 0 bridgehead atoms. The molecule has 2 aromatic heterocycles. The first-order valence-electron chi connectivity index (χ1n) is 9.27. The van der Waals surface area contributed by atoms with E-state index in [0.717, 1.165) is 21.0 Å². The molecule has 148 valence electrons. The third-order valence-corrected chi connectivity index (χ3v) is 7.00. The fourth-order valence-corrected chi connectivity index (χ4v) is 4.67. The molecular weight excluding hydrogens is 390 g/mol. The fourth-order valence-electron chi connectivity index (χ4n) is 2.87. The monoisotopic (exact) mass is 415 g/mol. The van der Waals surface area contributed by atoms with Crippen molar-refractivity contribution in [3.05, 3.63) is 56.4 Å². The van der Waals surface area contributed by atoms with Gasteiger partial charge in [-0.05, 0) is 49.9 Å². The summed E-state index contributed by atoms with van der Waals surface area (Å²) in [7, 11) is 0. The number of hydrogen-bond donors (Lipinski definition) is 2.